The van der Waals surface area contributed by atoms with Crippen LogP contribution in [0.3, 0.4) is 0 Å². The summed E-state index contributed by atoms with van der Waals surface area (Å²) in [6, 6.07) is 0. The van der Waals surface area contributed by atoms with Crippen LogP contribution in [0.5, 0.6) is 0 Å². The SMILES string of the molecule is COCCN(CCOC)S(=O)(=O)NCC(C)(C)N. The van der Waals surface area contributed by atoms with E-state index < -0.39 is 15.7 Å². The number of nitrogens with zero attached hydrogens (tertiary/aromatic N) is 1. The first-order valence-corrected chi connectivity index (χ1v) is 7.18. The Morgan fingerprint density at radius 1 is 1.17 bits per heavy atom. The number of hydrogen-bond acceptors (Lipinski definition) is 5. The van der Waals surface area contributed by atoms with Gasteiger partial charge in [-0.3, -0.25) is 0 Å². The number of methoxy groups -OCH3 is 2. The summed E-state index contributed by atoms with van der Waals surface area (Å²) in [4.78, 5) is 0. The summed E-state index contributed by atoms with van der Waals surface area (Å²) in [6.07, 6.45) is 0. The Morgan fingerprint density at radius 2 is 1.61 bits per heavy atom. The molecule has 0 unspecified atom stereocenters. The highest BCUT2D eigenvalue weighted by molar-refractivity contribution is 7.87. The van der Waals surface area contributed by atoms with Gasteiger partial charge in [-0.25, -0.2) is 4.72 Å². The fourth-order valence-corrected chi connectivity index (χ4v) is 2.47. The highest BCUT2D eigenvalue weighted by atomic mass is 32.2. The first-order chi connectivity index (χ1) is 8.23. The van der Waals surface area contributed by atoms with Crippen LogP contribution in [0.2, 0.25) is 0 Å². The van der Waals surface area contributed by atoms with Crippen molar-refractivity contribution in [1.82, 2.24) is 9.03 Å². The molecule has 0 aromatic rings. The predicted molar refractivity (Wildman–Crippen MR) is 70.5 cm³/mol. The van der Waals surface area contributed by atoms with Gasteiger partial charge in [-0.15, -0.1) is 0 Å². The quantitative estimate of drug-likeness (QED) is 0.545. The zero-order chi connectivity index (χ0) is 14.2. The second kappa shape index (κ2) is 8.03. The largest absolute Gasteiger partial charge is 0.383 e. The van der Waals surface area contributed by atoms with E-state index >= 15 is 0 Å². The average molecular weight is 283 g/mol. The fraction of sp³-hybridized carbons (Fsp3) is 1.00. The smallest absolute Gasteiger partial charge is 0.279 e. The van der Waals surface area contributed by atoms with Crippen LogP contribution in [-0.2, 0) is 19.7 Å². The molecule has 110 valence electrons. The van der Waals surface area contributed by atoms with Crippen molar-refractivity contribution in [2.24, 2.45) is 5.73 Å². The van der Waals surface area contributed by atoms with Crippen LogP contribution in [0.25, 0.3) is 0 Å². The molecule has 18 heavy (non-hydrogen) atoms. The van der Waals surface area contributed by atoms with E-state index in [9.17, 15) is 8.42 Å². The third kappa shape index (κ3) is 7.96. The topological polar surface area (TPSA) is 93.9 Å². The van der Waals surface area contributed by atoms with Crippen LogP contribution in [0, 0.1) is 0 Å². The first kappa shape index (κ1) is 17.8. The summed E-state index contributed by atoms with van der Waals surface area (Å²) in [5, 5.41) is 0. The van der Waals surface area contributed by atoms with Gasteiger partial charge in [-0.2, -0.15) is 12.7 Å². The molecular weight excluding hydrogens is 258 g/mol. The fourth-order valence-electron chi connectivity index (χ4n) is 1.11. The van der Waals surface area contributed by atoms with Gasteiger partial charge in [0.2, 0.25) is 0 Å². The van der Waals surface area contributed by atoms with Gasteiger partial charge in [0.05, 0.1) is 13.2 Å². The summed E-state index contributed by atoms with van der Waals surface area (Å²) in [6.45, 7) is 4.90. The summed E-state index contributed by atoms with van der Waals surface area (Å²) in [7, 11) is -0.506. The molecule has 0 rings (SSSR count). The van der Waals surface area contributed by atoms with Crippen LogP contribution >= 0.6 is 0 Å². The van der Waals surface area contributed by atoms with Crippen molar-refractivity contribution in [2.45, 2.75) is 19.4 Å². The summed E-state index contributed by atoms with van der Waals surface area (Å²) in [5.74, 6) is 0. The molecule has 7 nitrogen and oxygen atoms in total. The molecule has 0 aliphatic heterocycles. The normalized spacial score (nSPS) is 13.2. The third-order valence-corrected chi connectivity index (χ3v) is 3.69. The molecule has 0 bridgehead atoms. The Kier molecular flexibility index (Phi) is 7.92. The number of rotatable bonds is 10. The van der Waals surface area contributed by atoms with Crippen LogP contribution in [0.1, 0.15) is 13.8 Å². The van der Waals surface area contributed by atoms with E-state index in [-0.39, 0.29) is 19.6 Å². The Labute approximate surface area is 110 Å². The average Bonchev–Trinajstić information content (AvgIpc) is 2.25. The van der Waals surface area contributed by atoms with Gasteiger partial charge in [-0.1, -0.05) is 0 Å². The molecule has 0 aromatic carbocycles. The molecule has 0 aliphatic rings. The number of nitrogens with one attached hydrogen (secondary N) is 1. The zero-order valence-corrected chi connectivity index (χ0v) is 12.4. The van der Waals surface area contributed by atoms with Gasteiger partial charge in [0.15, 0.2) is 0 Å². The van der Waals surface area contributed by atoms with Gasteiger partial charge >= 0.3 is 0 Å². The molecule has 0 aliphatic carbocycles. The van der Waals surface area contributed by atoms with Crippen LogP contribution in [-0.4, -0.2) is 65.3 Å². The van der Waals surface area contributed by atoms with Crippen molar-refractivity contribution in [1.29, 1.82) is 0 Å². The van der Waals surface area contributed by atoms with Crippen LogP contribution < -0.4 is 10.5 Å². The third-order valence-electron chi connectivity index (χ3n) is 2.14. The lowest BCUT2D eigenvalue weighted by molar-refractivity contribution is 0.149. The minimum absolute atomic E-state index is 0.172. The number of nitrogens with two attached hydrogens (primary N) is 1. The number of hydrogen-bond donors (Lipinski definition) is 2. The molecule has 3 N–H and O–H groups in total. The standard InChI is InChI=1S/C10H25N3O4S/c1-10(2,11)9-12-18(14,15)13(5-7-16-3)6-8-17-4/h12H,5-9,11H2,1-4H3. The van der Waals surface area contributed by atoms with E-state index in [1.165, 1.54) is 18.5 Å². The second-order valence-corrected chi connectivity index (χ2v) is 6.45. The Balaban J connectivity index is 4.53. The lowest BCUT2D eigenvalue weighted by Gasteiger charge is -2.25. The molecule has 0 saturated heterocycles. The molecule has 0 saturated carbocycles. The minimum Gasteiger partial charge on any atom is -0.383 e. The monoisotopic (exact) mass is 283 g/mol. The molecule has 0 atom stereocenters. The molecule has 8 heteroatoms. The highest BCUT2D eigenvalue weighted by Crippen LogP contribution is 2.01. The maximum absolute atomic E-state index is 12.0. The van der Waals surface area contributed by atoms with E-state index in [1.807, 2.05) is 0 Å². The molecule has 0 aromatic heterocycles. The highest BCUT2D eigenvalue weighted by Gasteiger charge is 2.23. The maximum Gasteiger partial charge on any atom is 0.279 e. The van der Waals surface area contributed by atoms with Gasteiger partial charge in [-0.05, 0) is 13.8 Å². The van der Waals surface area contributed by atoms with Gasteiger partial charge in [0, 0.05) is 39.4 Å². The van der Waals surface area contributed by atoms with E-state index in [4.69, 9.17) is 15.2 Å². The lowest BCUT2D eigenvalue weighted by Crippen LogP contribution is -2.50. The van der Waals surface area contributed by atoms with Crippen molar-refractivity contribution in [3.63, 3.8) is 0 Å². The van der Waals surface area contributed by atoms with Gasteiger partial charge in [0.1, 0.15) is 0 Å². The van der Waals surface area contributed by atoms with Crippen molar-refractivity contribution in [2.75, 3.05) is 47.1 Å². The number of ether oxygens (including phenoxy) is 2. The summed E-state index contributed by atoms with van der Waals surface area (Å²) >= 11 is 0. The molecule has 0 fully saturated rings. The van der Waals surface area contributed by atoms with E-state index in [0.717, 1.165) is 0 Å². The van der Waals surface area contributed by atoms with Gasteiger partial charge < -0.3 is 15.2 Å². The Bertz CT molecular complexity index is 306. The van der Waals surface area contributed by atoms with Crippen molar-refractivity contribution < 1.29 is 17.9 Å². The van der Waals surface area contributed by atoms with E-state index in [2.05, 4.69) is 4.72 Å². The zero-order valence-electron chi connectivity index (χ0n) is 11.6. The molecular formula is C10H25N3O4S. The van der Waals surface area contributed by atoms with Crippen molar-refractivity contribution in [3.05, 3.63) is 0 Å². The lowest BCUT2D eigenvalue weighted by atomic mass is 10.1. The summed E-state index contributed by atoms with van der Waals surface area (Å²) in [5.41, 5.74) is 5.15. The van der Waals surface area contributed by atoms with E-state index in [1.54, 1.807) is 13.8 Å². The molecule has 0 radical (unpaired) electrons. The second-order valence-electron chi connectivity index (χ2n) is 4.70. The van der Waals surface area contributed by atoms with Crippen molar-refractivity contribution >= 4 is 10.2 Å². The first-order valence-electron chi connectivity index (χ1n) is 5.74. The molecule has 0 amide bonds. The maximum atomic E-state index is 12.0. The van der Waals surface area contributed by atoms with Crippen LogP contribution in [0.15, 0.2) is 0 Å². The van der Waals surface area contributed by atoms with Crippen LogP contribution in [0.4, 0.5) is 0 Å². The molecule has 0 spiro atoms. The molecule has 0 heterocycles. The van der Waals surface area contributed by atoms with E-state index in [0.29, 0.717) is 13.2 Å². The van der Waals surface area contributed by atoms with Crippen molar-refractivity contribution in [3.8, 4) is 0 Å². The Hall–Kier alpha value is -0.250. The van der Waals surface area contributed by atoms with Gasteiger partial charge in [0.25, 0.3) is 10.2 Å². The minimum atomic E-state index is -3.56. The Morgan fingerprint density at radius 3 is 1.94 bits per heavy atom. The summed E-state index contributed by atoms with van der Waals surface area (Å²) < 4.78 is 37.6. The predicted octanol–water partition coefficient (Wildman–Crippen LogP) is -0.847.